The fourth-order valence-corrected chi connectivity index (χ4v) is 4.63. The first-order valence-electron chi connectivity index (χ1n) is 10.3. The molecule has 5 rings (SSSR count). The molecule has 0 amide bonds. The van der Waals surface area contributed by atoms with Gasteiger partial charge in [0.2, 0.25) is 0 Å². The molecule has 3 heterocycles. The highest BCUT2D eigenvalue weighted by Crippen LogP contribution is 2.37. The Morgan fingerprint density at radius 1 is 1.10 bits per heavy atom. The van der Waals surface area contributed by atoms with Gasteiger partial charge in [-0.3, -0.25) is 4.79 Å². The molecule has 6 nitrogen and oxygen atoms in total. The number of aromatic amines is 1. The van der Waals surface area contributed by atoms with Crippen molar-refractivity contribution in [1.82, 2.24) is 14.9 Å². The van der Waals surface area contributed by atoms with Crippen molar-refractivity contribution < 1.29 is 9.53 Å². The summed E-state index contributed by atoms with van der Waals surface area (Å²) in [5, 5.41) is 0. The number of aldehydes is 1. The van der Waals surface area contributed by atoms with E-state index < -0.39 is 6.23 Å². The van der Waals surface area contributed by atoms with Crippen molar-refractivity contribution in [3.8, 4) is 0 Å². The standard InChI is InChI=1S/C23H26N4O2/c1-26-10-8-17(9-11-26)16-2-4-18(5-3-16)22-14-29-23(13-28)27(22)19-6-7-20-21(12-19)25-15-24-20/h2-7,12-13,15,17,22-23H,8-11,14H2,1H3,(H,24,25). The van der Waals surface area contributed by atoms with Crippen LogP contribution in [0.1, 0.15) is 35.9 Å². The highest BCUT2D eigenvalue weighted by Gasteiger charge is 2.35. The van der Waals surface area contributed by atoms with E-state index >= 15 is 0 Å². The van der Waals surface area contributed by atoms with Crippen molar-refractivity contribution in [3.05, 3.63) is 59.9 Å². The smallest absolute Gasteiger partial charge is 0.187 e. The molecule has 2 fully saturated rings. The fourth-order valence-electron chi connectivity index (χ4n) is 4.63. The van der Waals surface area contributed by atoms with Crippen molar-refractivity contribution in [3.63, 3.8) is 0 Å². The maximum atomic E-state index is 11.7. The summed E-state index contributed by atoms with van der Waals surface area (Å²) in [4.78, 5) is 23.6. The summed E-state index contributed by atoms with van der Waals surface area (Å²) in [7, 11) is 2.19. The third-order valence-corrected chi connectivity index (χ3v) is 6.37. The van der Waals surface area contributed by atoms with E-state index in [0.717, 1.165) is 36.1 Å². The molecule has 2 aliphatic heterocycles. The number of ether oxygens (including phenoxy) is 1. The van der Waals surface area contributed by atoms with Crippen LogP contribution in [0.25, 0.3) is 11.0 Å². The minimum Gasteiger partial charge on any atom is -0.349 e. The van der Waals surface area contributed by atoms with E-state index in [1.165, 1.54) is 24.0 Å². The number of imidazole rings is 1. The minimum absolute atomic E-state index is 0.00753. The summed E-state index contributed by atoms with van der Waals surface area (Å²) in [6.07, 6.45) is 4.41. The van der Waals surface area contributed by atoms with Crippen LogP contribution in [0.5, 0.6) is 0 Å². The van der Waals surface area contributed by atoms with Gasteiger partial charge in [-0.1, -0.05) is 24.3 Å². The zero-order chi connectivity index (χ0) is 19.8. The van der Waals surface area contributed by atoms with E-state index in [9.17, 15) is 4.79 Å². The van der Waals surface area contributed by atoms with E-state index in [4.69, 9.17) is 4.74 Å². The maximum Gasteiger partial charge on any atom is 0.187 e. The zero-order valence-electron chi connectivity index (χ0n) is 16.6. The number of likely N-dealkylation sites (tertiary alicyclic amines) is 1. The number of hydrogen-bond donors (Lipinski definition) is 1. The Morgan fingerprint density at radius 3 is 2.62 bits per heavy atom. The SMILES string of the molecule is CN1CCC(c2ccc(C3COC(C=O)N3c3ccc4[nH]cnc4c3)cc2)CC1. The first kappa shape index (κ1) is 18.3. The zero-order valence-corrected chi connectivity index (χ0v) is 16.6. The second-order valence-electron chi connectivity index (χ2n) is 8.13. The molecule has 0 radical (unpaired) electrons. The van der Waals surface area contributed by atoms with Crippen LogP contribution >= 0.6 is 0 Å². The molecule has 0 aliphatic carbocycles. The number of rotatable bonds is 4. The number of anilines is 1. The summed E-state index contributed by atoms with van der Waals surface area (Å²) in [5.41, 5.74) is 5.40. The monoisotopic (exact) mass is 390 g/mol. The lowest BCUT2D eigenvalue weighted by Crippen LogP contribution is -2.33. The minimum atomic E-state index is -0.579. The molecule has 0 bridgehead atoms. The number of piperidine rings is 1. The number of benzene rings is 2. The van der Waals surface area contributed by atoms with Crippen LogP contribution in [0.4, 0.5) is 5.69 Å². The van der Waals surface area contributed by atoms with Gasteiger partial charge in [0.25, 0.3) is 0 Å². The Labute approximate surface area is 170 Å². The molecule has 29 heavy (non-hydrogen) atoms. The van der Waals surface area contributed by atoms with Crippen LogP contribution < -0.4 is 4.90 Å². The van der Waals surface area contributed by atoms with Crippen molar-refractivity contribution in [2.45, 2.75) is 31.0 Å². The van der Waals surface area contributed by atoms with E-state index in [-0.39, 0.29) is 6.04 Å². The van der Waals surface area contributed by atoms with Gasteiger partial charge in [-0.25, -0.2) is 4.98 Å². The summed E-state index contributed by atoms with van der Waals surface area (Å²) in [6.45, 7) is 2.82. The van der Waals surface area contributed by atoms with E-state index in [1.807, 2.05) is 18.2 Å². The molecule has 2 unspecified atom stereocenters. The van der Waals surface area contributed by atoms with E-state index in [2.05, 4.69) is 51.1 Å². The third-order valence-electron chi connectivity index (χ3n) is 6.37. The topological polar surface area (TPSA) is 61.5 Å². The molecule has 3 aromatic rings. The summed E-state index contributed by atoms with van der Waals surface area (Å²) in [6, 6.07) is 15.0. The van der Waals surface area contributed by atoms with Gasteiger partial charge in [0, 0.05) is 5.69 Å². The lowest BCUT2D eigenvalue weighted by Gasteiger charge is -2.30. The number of hydrogen-bond acceptors (Lipinski definition) is 5. The van der Waals surface area contributed by atoms with E-state index in [0.29, 0.717) is 12.5 Å². The molecule has 0 spiro atoms. The predicted molar refractivity (Wildman–Crippen MR) is 113 cm³/mol. The Balaban J connectivity index is 1.42. The number of fused-ring (bicyclic) bond motifs is 1. The van der Waals surface area contributed by atoms with Crippen molar-refractivity contribution in [2.75, 3.05) is 31.6 Å². The molecular weight excluding hydrogens is 364 g/mol. The normalized spacial score (nSPS) is 23.7. The predicted octanol–water partition coefficient (Wildman–Crippen LogP) is 3.48. The Hall–Kier alpha value is -2.70. The fraction of sp³-hybridized carbons (Fsp3) is 0.391. The van der Waals surface area contributed by atoms with E-state index in [1.54, 1.807) is 6.33 Å². The van der Waals surface area contributed by atoms with Gasteiger partial charge in [-0.2, -0.15) is 0 Å². The lowest BCUT2D eigenvalue weighted by atomic mass is 9.88. The average Bonchev–Trinajstić information content (AvgIpc) is 3.40. The number of nitrogens with zero attached hydrogens (tertiary/aromatic N) is 3. The molecule has 2 atom stereocenters. The van der Waals surface area contributed by atoms with Gasteiger partial charge in [0.15, 0.2) is 12.5 Å². The molecule has 2 aromatic carbocycles. The number of carbonyl (C=O) groups excluding carboxylic acids is 1. The number of aromatic nitrogens is 2. The third kappa shape index (κ3) is 3.43. The first-order valence-corrected chi connectivity index (χ1v) is 10.3. The first-order chi connectivity index (χ1) is 14.2. The summed E-state index contributed by atoms with van der Waals surface area (Å²) in [5.74, 6) is 0.640. The lowest BCUT2D eigenvalue weighted by molar-refractivity contribution is -0.115. The Kier molecular flexibility index (Phi) is 4.81. The van der Waals surface area contributed by atoms with Crippen LogP contribution in [-0.4, -0.2) is 54.1 Å². The van der Waals surface area contributed by atoms with Gasteiger partial charge in [0.05, 0.1) is 30.0 Å². The van der Waals surface area contributed by atoms with Gasteiger partial charge in [-0.15, -0.1) is 0 Å². The molecule has 0 saturated carbocycles. The molecule has 150 valence electrons. The highest BCUT2D eigenvalue weighted by molar-refractivity contribution is 5.80. The second-order valence-corrected chi connectivity index (χ2v) is 8.13. The van der Waals surface area contributed by atoms with Gasteiger partial charge in [-0.05, 0) is 68.2 Å². The Bertz CT molecular complexity index is 992. The molecular formula is C23H26N4O2. The molecule has 1 N–H and O–H groups in total. The number of nitrogens with one attached hydrogen (secondary N) is 1. The van der Waals surface area contributed by atoms with Gasteiger partial charge >= 0.3 is 0 Å². The average molecular weight is 390 g/mol. The van der Waals surface area contributed by atoms with Gasteiger partial charge < -0.3 is 19.5 Å². The van der Waals surface area contributed by atoms with Crippen LogP contribution in [-0.2, 0) is 9.53 Å². The summed E-state index contributed by atoms with van der Waals surface area (Å²) < 4.78 is 5.81. The summed E-state index contributed by atoms with van der Waals surface area (Å²) >= 11 is 0. The second kappa shape index (κ2) is 7.61. The Morgan fingerprint density at radius 2 is 1.86 bits per heavy atom. The molecule has 2 saturated heterocycles. The molecule has 2 aliphatic rings. The van der Waals surface area contributed by atoms with Crippen LogP contribution in [0.3, 0.4) is 0 Å². The quantitative estimate of drug-likeness (QED) is 0.691. The number of carbonyl (C=O) groups is 1. The van der Waals surface area contributed by atoms with Crippen molar-refractivity contribution >= 4 is 23.0 Å². The van der Waals surface area contributed by atoms with Crippen LogP contribution in [0.2, 0.25) is 0 Å². The highest BCUT2D eigenvalue weighted by atomic mass is 16.5. The molecule has 6 heteroatoms. The maximum absolute atomic E-state index is 11.7. The largest absolute Gasteiger partial charge is 0.349 e. The van der Waals surface area contributed by atoms with Crippen LogP contribution in [0, 0.1) is 0 Å². The molecule has 1 aromatic heterocycles. The van der Waals surface area contributed by atoms with Crippen molar-refractivity contribution in [2.24, 2.45) is 0 Å². The number of H-pyrrole nitrogens is 1. The van der Waals surface area contributed by atoms with Gasteiger partial charge in [0.1, 0.15) is 0 Å². The van der Waals surface area contributed by atoms with Crippen LogP contribution in [0.15, 0.2) is 48.8 Å². The van der Waals surface area contributed by atoms with Crippen molar-refractivity contribution in [1.29, 1.82) is 0 Å².